The predicted molar refractivity (Wildman–Crippen MR) is 84.4 cm³/mol. The van der Waals surface area contributed by atoms with E-state index in [0.717, 1.165) is 24.8 Å². The fourth-order valence-electron chi connectivity index (χ4n) is 2.75. The van der Waals surface area contributed by atoms with Gasteiger partial charge in [0.2, 0.25) is 17.8 Å². The molecule has 2 N–H and O–H groups in total. The summed E-state index contributed by atoms with van der Waals surface area (Å²) in [6.07, 6.45) is 4.89. The molecule has 3 heterocycles. The Morgan fingerprint density at radius 3 is 2.70 bits per heavy atom. The lowest BCUT2D eigenvalue weighted by Crippen LogP contribution is -2.35. The van der Waals surface area contributed by atoms with Crippen molar-refractivity contribution >= 4 is 29.6 Å². The standard InChI is InChI=1S/C13H22N6S/c1-18(10-5-8-20-9-10)12-15-11(14)16-13(17-12)19-6-3-2-4-7-19/h10H,2-9H2,1H3,(H2,14,15,16,17). The molecule has 0 bridgehead atoms. The molecule has 0 spiro atoms. The van der Waals surface area contributed by atoms with Gasteiger partial charge in [0.05, 0.1) is 0 Å². The summed E-state index contributed by atoms with van der Waals surface area (Å²) in [6.45, 7) is 2.04. The van der Waals surface area contributed by atoms with Crippen molar-refractivity contribution in [2.24, 2.45) is 0 Å². The largest absolute Gasteiger partial charge is 0.368 e. The van der Waals surface area contributed by atoms with E-state index >= 15 is 0 Å². The fraction of sp³-hybridized carbons (Fsp3) is 0.769. The highest BCUT2D eigenvalue weighted by molar-refractivity contribution is 7.99. The van der Waals surface area contributed by atoms with Crippen LogP contribution in [0.4, 0.5) is 17.8 Å². The van der Waals surface area contributed by atoms with Gasteiger partial charge in [0.25, 0.3) is 0 Å². The Hall–Kier alpha value is -1.24. The van der Waals surface area contributed by atoms with Gasteiger partial charge in [0.15, 0.2) is 0 Å². The first-order valence-electron chi connectivity index (χ1n) is 7.31. The Morgan fingerprint density at radius 1 is 1.20 bits per heavy atom. The van der Waals surface area contributed by atoms with Crippen LogP contribution in [0.5, 0.6) is 0 Å². The van der Waals surface area contributed by atoms with Gasteiger partial charge in [-0.3, -0.25) is 0 Å². The van der Waals surface area contributed by atoms with Crippen LogP contribution in [0.25, 0.3) is 0 Å². The van der Waals surface area contributed by atoms with Gasteiger partial charge in [0.1, 0.15) is 0 Å². The van der Waals surface area contributed by atoms with Gasteiger partial charge in [-0.25, -0.2) is 0 Å². The molecule has 20 heavy (non-hydrogen) atoms. The van der Waals surface area contributed by atoms with Gasteiger partial charge in [-0.15, -0.1) is 0 Å². The number of aromatic nitrogens is 3. The molecule has 2 aliphatic heterocycles. The summed E-state index contributed by atoms with van der Waals surface area (Å²) < 4.78 is 0. The summed E-state index contributed by atoms with van der Waals surface area (Å²) in [5, 5.41) is 0. The SMILES string of the molecule is CN(c1nc(N)nc(N2CCCCC2)n1)C1CCSC1. The topological polar surface area (TPSA) is 71.2 Å². The first-order chi connectivity index (χ1) is 9.74. The second kappa shape index (κ2) is 6.03. The number of nitrogens with two attached hydrogens (primary N) is 1. The van der Waals surface area contributed by atoms with E-state index in [1.165, 1.54) is 31.4 Å². The van der Waals surface area contributed by atoms with E-state index in [4.69, 9.17) is 5.73 Å². The molecule has 1 atom stereocenters. The summed E-state index contributed by atoms with van der Waals surface area (Å²) >= 11 is 1.99. The highest BCUT2D eigenvalue weighted by Crippen LogP contribution is 2.25. The lowest BCUT2D eigenvalue weighted by atomic mass is 10.1. The highest BCUT2D eigenvalue weighted by atomic mass is 32.2. The molecule has 0 amide bonds. The minimum Gasteiger partial charge on any atom is -0.368 e. The zero-order valence-corrected chi connectivity index (χ0v) is 12.8. The molecule has 0 radical (unpaired) electrons. The molecule has 0 aromatic carbocycles. The number of hydrogen-bond donors (Lipinski definition) is 1. The number of anilines is 3. The normalized spacial score (nSPS) is 23.1. The van der Waals surface area contributed by atoms with Crippen LogP contribution in [0.3, 0.4) is 0 Å². The molecule has 3 rings (SSSR count). The van der Waals surface area contributed by atoms with Gasteiger partial charge < -0.3 is 15.5 Å². The van der Waals surface area contributed by atoms with E-state index in [1.807, 2.05) is 11.8 Å². The first-order valence-corrected chi connectivity index (χ1v) is 8.46. The van der Waals surface area contributed by atoms with Crippen molar-refractivity contribution in [2.75, 3.05) is 47.2 Å². The number of rotatable bonds is 3. The molecule has 0 saturated carbocycles. The van der Waals surface area contributed by atoms with Crippen LogP contribution in [-0.4, -0.2) is 52.6 Å². The van der Waals surface area contributed by atoms with Crippen LogP contribution in [0.1, 0.15) is 25.7 Å². The number of nitrogen functional groups attached to an aromatic ring is 1. The molecule has 1 aromatic heterocycles. The third-order valence-corrected chi connectivity index (χ3v) is 5.18. The molecule has 6 nitrogen and oxygen atoms in total. The van der Waals surface area contributed by atoms with E-state index in [0.29, 0.717) is 17.9 Å². The minimum atomic E-state index is 0.327. The number of thioether (sulfide) groups is 1. The summed E-state index contributed by atoms with van der Waals surface area (Å²) in [7, 11) is 2.06. The molecular formula is C13H22N6S. The van der Waals surface area contributed by atoms with Gasteiger partial charge in [-0.05, 0) is 31.4 Å². The van der Waals surface area contributed by atoms with Gasteiger partial charge in [-0.2, -0.15) is 26.7 Å². The lowest BCUT2D eigenvalue weighted by Gasteiger charge is -2.28. The molecule has 0 aliphatic carbocycles. The Bertz CT molecular complexity index is 456. The van der Waals surface area contributed by atoms with Gasteiger partial charge in [0, 0.05) is 31.9 Å². The van der Waals surface area contributed by atoms with Crippen molar-refractivity contribution in [3.05, 3.63) is 0 Å². The van der Waals surface area contributed by atoms with Crippen LogP contribution in [0, 0.1) is 0 Å². The quantitative estimate of drug-likeness (QED) is 0.903. The molecular weight excluding hydrogens is 272 g/mol. The minimum absolute atomic E-state index is 0.327. The molecule has 7 heteroatoms. The Labute approximate surface area is 124 Å². The number of nitrogens with zero attached hydrogens (tertiary/aromatic N) is 5. The van der Waals surface area contributed by atoms with E-state index in [9.17, 15) is 0 Å². The molecule has 1 unspecified atom stereocenters. The van der Waals surface area contributed by atoms with Gasteiger partial charge >= 0.3 is 0 Å². The molecule has 2 fully saturated rings. The predicted octanol–water partition coefficient (Wildman–Crippen LogP) is 1.39. The van der Waals surface area contributed by atoms with Crippen LogP contribution in [0.2, 0.25) is 0 Å². The van der Waals surface area contributed by atoms with Crippen LogP contribution in [0.15, 0.2) is 0 Å². The average molecular weight is 294 g/mol. The van der Waals surface area contributed by atoms with E-state index in [1.54, 1.807) is 0 Å². The summed E-state index contributed by atoms with van der Waals surface area (Å²) in [4.78, 5) is 17.7. The maximum absolute atomic E-state index is 5.88. The van der Waals surface area contributed by atoms with E-state index in [-0.39, 0.29) is 0 Å². The second-order valence-electron chi connectivity index (χ2n) is 5.47. The third-order valence-electron chi connectivity index (χ3n) is 4.04. The molecule has 2 aliphatic rings. The zero-order chi connectivity index (χ0) is 13.9. The van der Waals surface area contributed by atoms with Crippen molar-refractivity contribution in [2.45, 2.75) is 31.7 Å². The Balaban J connectivity index is 1.81. The first kappa shape index (κ1) is 13.7. The maximum Gasteiger partial charge on any atom is 0.231 e. The van der Waals surface area contributed by atoms with Gasteiger partial charge in [-0.1, -0.05) is 0 Å². The fourth-order valence-corrected chi connectivity index (χ4v) is 4.02. The maximum atomic E-state index is 5.88. The summed E-state index contributed by atoms with van der Waals surface area (Å²) in [5.41, 5.74) is 5.88. The number of hydrogen-bond acceptors (Lipinski definition) is 7. The Kier molecular flexibility index (Phi) is 4.14. The lowest BCUT2D eigenvalue weighted by molar-refractivity contribution is 0.566. The molecule has 2 saturated heterocycles. The monoisotopic (exact) mass is 294 g/mol. The zero-order valence-electron chi connectivity index (χ0n) is 12.0. The molecule has 1 aromatic rings. The smallest absolute Gasteiger partial charge is 0.231 e. The van der Waals surface area contributed by atoms with Crippen LogP contribution >= 0.6 is 11.8 Å². The van der Waals surface area contributed by atoms with Crippen LogP contribution < -0.4 is 15.5 Å². The van der Waals surface area contributed by atoms with E-state index < -0.39 is 0 Å². The average Bonchev–Trinajstić information content (AvgIpc) is 3.01. The van der Waals surface area contributed by atoms with E-state index in [2.05, 4.69) is 31.8 Å². The summed E-state index contributed by atoms with van der Waals surface area (Å²) in [6, 6.07) is 0.510. The van der Waals surface area contributed by atoms with Crippen LogP contribution in [-0.2, 0) is 0 Å². The van der Waals surface area contributed by atoms with Crippen molar-refractivity contribution in [3.63, 3.8) is 0 Å². The van der Waals surface area contributed by atoms with Crippen molar-refractivity contribution in [1.82, 2.24) is 15.0 Å². The van der Waals surface area contributed by atoms with Crippen molar-refractivity contribution in [3.8, 4) is 0 Å². The van der Waals surface area contributed by atoms with Crippen molar-refractivity contribution < 1.29 is 0 Å². The Morgan fingerprint density at radius 2 is 2.00 bits per heavy atom. The van der Waals surface area contributed by atoms with Crippen molar-refractivity contribution in [1.29, 1.82) is 0 Å². The molecule has 110 valence electrons. The highest BCUT2D eigenvalue weighted by Gasteiger charge is 2.24. The third kappa shape index (κ3) is 2.92. The second-order valence-corrected chi connectivity index (χ2v) is 6.62. The summed E-state index contributed by atoms with van der Waals surface area (Å²) in [5.74, 6) is 4.14. The number of piperidine rings is 1.